The standard InChI is InChI=1S/C29H31FN2O4/c1-3-26(29(34)31(2)18-24-5-4-16-35-24)36-23-13-10-19-14-15-32(28(33)21-6-7-21)27(25(19)17-23)20-8-11-22(30)12-9-20/h4-5,8-13,16-17,21,26-27H,3,6-7,14-15,18H2,1-2H3. The fraction of sp³-hybridized carbons (Fsp3) is 0.379. The summed E-state index contributed by atoms with van der Waals surface area (Å²) < 4.78 is 25.3. The molecule has 7 heteroatoms. The lowest BCUT2D eigenvalue weighted by Gasteiger charge is -2.38. The molecule has 2 unspecified atom stereocenters. The van der Waals surface area contributed by atoms with E-state index in [2.05, 4.69) is 0 Å². The molecule has 2 heterocycles. The Morgan fingerprint density at radius 1 is 1.17 bits per heavy atom. The van der Waals surface area contributed by atoms with Crippen molar-refractivity contribution in [2.45, 2.75) is 51.3 Å². The summed E-state index contributed by atoms with van der Waals surface area (Å²) in [5, 5.41) is 0. The van der Waals surface area contributed by atoms with E-state index in [1.807, 2.05) is 36.1 Å². The quantitative estimate of drug-likeness (QED) is 0.440. The Labute approximate surface area is 210 Å². The van der Waals surface area contributed by atoms with Crippen molar-refractivity contribution in [3.8, 4) is 5.75 Å². The fourth-order valence-corrected chi connectivity index (χ4v) is 4.91. The van der Waals surface area contributed by atoms with E-state index in [0.717, 1.165) is 36.0 Å². The molecular formula is C29H31FN2O4. The first kappa shape index (κ1) is 24.1. The molecule has 0 radical (unpaired) electrons. The molecule has 2 amide bonds. The van der Waals surface area contributed by atoms with Gasteiger partial charge in [0.25, 0.3) is 5.91 Å². The molecule has 0 N–H and O–H groups in total. The molecule has 0 saturated heterocycles. The molecule has 2 aliphatic rings. The zero-order valence-corrected chi connectivity index (χ0v) is 20.7. The van der Waals surface area contributed by atoms with Crippen molar-refractivity contribution >= 4 is 11.8 Å². The van der Waals surface area contributed by atoms with Crippen molar-refractivity contribution in [2.75, 3.05) is 13.6 Å². The number of ether oxygens (including phenoxy) is 1. The number of furan rings is 1. The Hall–Kier alpha value is -3.61. The van der Waals surface area contributed by atoms with E-state index in [0.29, 0.717) is 31.0 Å². The lowest BCUT2D eigenvalue weighted by Crippen LogP contribution is -2.41. The van der Waals surface area contributed by atoms with E-state index in [-0.39, 0.29) is 29.6 Å². The van der Waals surface area contributed by atoms with E-state index in [4.69, 9.17) is 9.15 Å². The minimum absolute atomic E-state index is 0.0840. The van der Waals surface area contributed by atoms with Crippen LogP contribution in [0.25, 0.3) is 0 Å². The molecule has 1 aromatic heterocycles. The van der Waals surface area contributed by atoms with Gasteiger partial charge in [0, 0.05) is 19.5 Å². The summed E-state index contributed by atoms with van der Waals surface area (Å²) in [6.45, 7) is 2.90. The van der Waals surface area contributed by atoms with Gasteiger partial charge in [-0.15, -0.1) is 0 Å². The number of carbonyl (C=O) groups excluding carboxylic acids is 2. The Balaban J connectivity index is 1.41. The van der Waals surface area contributed by atoms with Gasteiger partial charge in [0.05, 0.1) is 18.8 Å². The van der Waals surface area contributed by atoms with Crippen molar-refractivity contribution in [1.82, 2.24) is 9.80 Å². The van der Waals surface area contributed by atoms with Crippen LogP contribution < -0.4 is 4.74 Å². The molecule has 1 aliphatic carbocycles. The molecule has 1 aliphatic heterocycles. The molecule has 0 bridgehead atoms. The van der Waals surface area contributed by atoms with E-state index in [9.17, 15) is 14.0 Å². The molecule has 2 atom stereocenters. The summed E-state index contributed by atoms with van der Waals surface area (Å²) in [5.74, 6) is 1.08. The highest BCUT2D eigenvalue weighted by Crippen LogP contribution is 2.41. The van der Waals surface area contributed by atoms with Crippen LogP contribution in [0.15, 0.2) is 65.3 Å². The molecule has 1 fully saturated rings. The topological polar surface area (TPSA) is 63.0 Å². The highest BCUT2D eigenvalue weighted by Gasteiger charge is 2.39. The maximum atomic E-state index is 13.7. The maximum absolute atomic E-state index is 13.7. The lowest BCUT2D eigenvalue weighted by molar-refractivity contribution is -0.138. The molecule has 188 valence electrons. The number of benzene rings is 2. The molecular weight excluding hydrogens is 459 g/mol. The zero-order valence-electron chi connectivity index (χ0n) is 20.7. The third kappa shape index (κ3) is 5.01. The number of rotatable bonds is 8. The zero-order chi connectivity index (χ0) is 25.2. The van der Waals surface area contributed by atoms with Crippen LogP contribution in [0.2, 0.25) is 0 Å². The van der Waals surface area contributed by atoms with Crippen LogP contribution in [0.1, 0.15) is 54.7 Å². The Bertz CT molecular complexity index is 1220. The van der Waals surface area contributed by atoms with Crippen molar-refractivity contribution in [3.63, 3.8) is 0 Å². The number of amides is 2. The van der Waals surface area contributed by atoms with Crippen LogP contribution in [0.3, 0.4) is 0 Å². The summed E-state index contributed by atoms with van der Waals surface area (Å²) in [6, 6.07) is 15.5. The average molecular weight is 491 g/mol. The summed E-state index contributed by atoms with van der Waals surface area (Å²) in [5.41, 5.74) is 2.96. The second kappa shape index (κ2) is 10.2. The smallest absolute Gasteiger partial charge is 0.263 e. The fourth-order valence-electron chi connectivity index (χ4n) is 4.91. The van der Waals surface area contributed by atoms with Crippen LogP contribution >= 0.6 is 0 Å². The van der Waals surface area contributed by atoms with Gasteiger partial charge in [0.1, 0.15) is 17.3 Å². The second-order valence-electron chi connectivity index (χ2n) is 9.66. The van der Waals surface area contributed by atoms with Crippen molar-refractivity contribution < 1.29 is 23.1 Å². The van der Waals surface area contributed by atoms with Crippen LogP contribution in [0.5, 0.6) is 5.75 Å². The third-order valence-electron chi connectivity index (χ3n) is 7.01. The highest BCUT2D eigenvalue weighted by molar-refractivity contribution is 5.82. The Kier molecular flexibility index (Phi) is 6.81. The Morgan fingerprint density at radius 2 is 1.94 bits per heavy atom. The first-order valence-corrected chi connectivity index (χ1v) is 12.6. The first-order chi connectivity index (χ1) is 17.4. The predicted octanol–water partition coefficient (Wildman–Crippen LogP) is 5.12. The lowest BCUT2D eigenvalue weighted by atomic mass is 9.87. The van der Waals surface area contributed by atoms with Crippen LogP contribution in [0, 0.1) is 11.7 Å². The minimum Gasteiger partial charge on any atom is -0.481 e. The monoisotopic (exact) mass is 490 g/mol. The van der Waals surface area contributed by atoms with Crippen LogP contribution in [-0.4, -0.2) is 41.3 Å². The number of nitrogens with zero attached hydrogens (tertiary/aromatic N) is 2. The number of halogens is 1. The Morgan fingerprint density at radius 3 is 2.61 bits per heavy atom. The van der Waals surface area contributed by atoms with Crippen molar-refractivity contribution in [1.29, 1.82) is 0 Å². The first-order valence-electron chi connectivity index (χ1n) is 12.6. The highest BCUT2D eigenvalue weighted by atomic mass is 19.1. The van der Waals surface area contributed by atoms with Gasteiger partial charge < -0.3 is 19.0 Å². The van der Waals surface area contributed by atoms with Gasteiger partial charge in [-0.25, -0.2) is 4.39 Å². The van der Waals surface area contributed by atoms with Gasteiger partial charge in [0.15, 0.2) is 6.10 Å². The van der Waals surface area contributed by atoms with E-state index >= 15 is 0 Å². The van der Waals surface area contributed by atoms with Gasteiger partial charge in [0.2, 0.25) is 5.91 Å². The average Bonchev–Trinajstić information content (AvgIpc) is 3.62. The van der Waals surface area contributed by atoms with Gasteiger partial charge in [-0.3, -0.25) is 9.59 Å². The number of fused-ring (bicyclic) bond motifs is 1. The number of likely N-dealkylation sites (N-methyl/N-ethyl adjacent to an activating group) is 1. The van der Waals surface area contributed by atoms with Crippen LogP contribution in [0.4, 0.5) is 4.39 Å². The molecule has 0 spiro atoms. The van der Waals surface area contributed by atoms with Crippen molar-refractivity contribution in [3.05, 3.63) is 89.1 Å². The van der Waals surface area contributed by atoms with E-state index in [1.165, 1.54) is 12.1 Å². The maximum Gasteiger partial charge on any atom is 0.263 e. The number of carbonyl (C=O) groups is 2. The molecule has 5 rings (SSSR count). The van der Waals surface area contributed by atoms with Gasteiger partial charge >= 0.3 is 0 Å². The van der Waals surface area contributed by atoms with Gasteiger partial charge in [-0.05, 0) is 78.8 Å². The number of hydrogen-bond acceptors (Lipinski definition) is 4. The van der Waals surface area contributed by atoms with E-state index in [1.54, 1.807) is 36.4 Å². The van der Waals surface area contributed by atoms with Crippen molar-refractivity contribution in [2.24, 2.45) is 5.92 Å². The summed E-state index contributed by atoms with van der Waals surface area (Å²) in [6.07, 6.45) is 4.03. The molecule has 6 nitrogen and oxygen atoms in total. The molecule has 36 heavy (non-hydrogen) atoms. The minimum atomic E-state index is -0.653. The normalized spacial score (nSPS) is 17.9. The SMILES string of the molecule is CCC(Oc1ccc2c(c1)C(c1ccc(F)cc1)N(C(=O)C1CC1)CC2)C(=O)N(C)Cc1ccco1. The predicted molar refractivity (Wildman–Crippen MR) is 133 cm³/mol. The van der Waals surface area contributed by atoms with E-state index < -0.39 is 6.10 Å². The summed E-state index contributed by atoms with van der Waals surface area (Å²) in [4.78, 5) is 29.8. The molecule has 1 saturated carbocycles. The third-order valence-corrected chi connectivity index (χ3v) is 7.01. The molecule has 2 aromatic carbocycles. The number of hydrogen-bond donors (Lipinski definition) is 0. The largest absolute Gasteiger partial charge is 0.481 e. The van der Waals surface area contributed by atoms with Gasteiger partial charge in [-0.1, -0.05) is 25.1 Å². The van der Waals surface area contributed by atoms with Gasteiger partial charge in [-0.2, -0.15) is 0 Å². The summed E-state index contributed by atoms with van der Waals surface area (Å²) in [7, 11) is 1.73. The van der Waals surface area contributed by atoms with Crippen LogP contribution in [-0.2, 0) is 22.6 Å². The second-order valence-corrected chi connectivity index (χ2v) is 9.66. The molecule has 3 aromatic rings. The summed E-state index contributed by atoms with van der Waals surface area (Å²) >= 11 is 0.